The molecule has 0 heterocycles. The van der Waals surface area contributed by atoms with Crippen LogP contribution in [0, 0.1) is 0 Å². The van der Waals surface area contributed by atoms with Gasteiger partial charge < -0.3 is 15.7 Å². The molecule has 22 heavy (non-hydrogen) atoms. The second-order valence-corrected chi connectivity index (χ2v) is 5.63. The lowest BCUT2D eigenvalue weighted by atomic mass is 10.3. The van der Waals surface area contributed by atoms with Crippen LogP contribution in [0.5, 0.6) is 0 Å². The van der Waals surface area contributed by atoms with Gasteiger partial charge in [0.1, 0.15) is 0 Å². The van der Waals surface area contributed by atoms with E-state index in [9.17, 15) is 18.4 Å². The molecule has 0 spiro atoms. The van der Waals surface area contributed by atoms with Crippen molar-refractivity contribution in [3.8, 4) is 0 Å². The summed E-state index contributed by atoms with van der Waals surface area (Å²) in [5.41, 5.74) is 0.328. The minimum atomic E-state index is -2.49. The maximum Gasteiger partial charge on any atom is 0.319 e. The fourth-order valence-electron chi connectivity index (χ4n) is 1.51. The van der Waals surface area contributed by atoms with Crippen LogP contribution in [0.15, 0.2) is 23.1 Å². The Balaban J connectivity index is 2.58. The zero-order valence-electron chi connectivity index (χ0n) is 11.4. The lowest BCUT2D eigenvalue weighted by Crippen LogP contribution is -2.30. The van der Waals surface area contributed by atoms with Crippen LogP contribution in [0.3, 0.4) is 0 Å². The molecule has 0 aliphatic rings. The number of halogens is 3. The van der Waals surface area contributed by atoms with Crippen LogP contribution in [0.25, 0.3) is 0 Å². The molecule has 9 heteroatoms. The van der Waals surface area contributed by atoms with E-state index in [1.54, 1.807) is 18.2 Å². The first-order valence-electron chi connectivity index (χ1n) is 6.36. The second-order valence-electron chi connectivity index (χ2n) is 4.20. The molecule has 5 nitrogen and oxygen atoms in total. The highest BCUT2D eigenvalue weighted by Gasteiger charge is 2.13. The molecule has 0 aliphatic carbocycles. The summed E-state index contributed by atoms with van der Waals surface area (Å²) in [5, 5.41) is 13.7. The normalized spacial score (nSPS) is 10.5. The van der Waals surface area contributed by atoms with Gasteiger partial charge in [-0.3, -0.25) is 4.79 Å². The average molecular weight is 353 g/mol. The Bertz CT molecular complexity index is 532. The molecular formula is C13H15ClF2N2O3S. The van der Waals surface area contributed by atoms with Crippen molar-refractivity contribution >= 4 is 41.1 Å². The van der Waals surface area contributed by atoms with Crippen molar-refractivity contribution in [3.63, 3.8) is 0 Å². The number of anilines is 1. The predicted octanol–water partition coefficient (Wildman–Crippen LogP) is 3.68. The Hall–Kier alpha value is -1.54. The van der Waals surface area contributed by atoms with Crippen LogP contribution in [0.2, 0.25) is 5.02 Å². The lowest BCUT2D eigenvalue weighted by Gasteiger charge is -2.13. The zero-order valence-corrected chi connectivity index (χ0v) is 13.0. The number of thioether (sulfide) groups is 1. The summed E-state index contributed by atoms with van der Waals surface area (Å²) in [7, 11) is 0. The Morgan fingerprint density at radius 1 is 1.36 bits per heavy atom. The van der Waals surface area contributed by atoms with E-state index < -0.39 is 24.2 Å². The van der Waals surface area contributed by atoms with Crippen molar-refractivity contribution < 1.29 is 23.5 Å². The maximum absolute atomic E-state index is 12.3. The maximum atomic E-state index is 12.3. The molecule has 1 aromatic rings. The highest BCUT2D eigenvalue weighted by Crippen LogP contribution is 2.35. The third-order valence-electron chi connectivity index (χ3n) is 2.42. The van der Waals surface area contributed by atoms with Crippen molar-refractivity contribution in [1.82, 2.24) is 5.32 Å². The van der Waals surface area contributed by atoms with Gasteiger partial charge in [-0.1, -0.05) is 17.7 Å². The number of hydrogen-bond donors (Lipinski definition) is 3. The zero-order chi connectivity index (χ0) is 16.5. The molecule has 0 fully saturated rings. The number of rotatable bonds is 8. The number of hydrogen-bond acceptors (Lipinski definition) is 3. The molecule has 0 saturated carbocycles. The summed E-state index contributed by atoms with van der Waals surface area (Å²) in [6, 6.07) is 4.14. The van der Waals surface area contributed by atoms with Gasteiger partial charge >= 0.3 is 12.0 Å². The van der Waals surface area contributed by atoms with Crippen molar-refractivity contribution in [3.05, 3.63) is 23.2 Å². The van der Waals surface area contributed by atoms with Crippen molar-refractivity contribution in [2.24, 2.45) is 0 Å². The summed E-state index contributed by atoms with van der Waals surface area (Å²) in [5.74, 6) is -1.37. The summed E-state index contributed by atoms with van der Waals surface area (Å²) in [6.45, 7) is 0.193. The number of benzene rings is 1. The van der Waals surface area contributed by atoms with Gasteiger partial charge in [-0.05, 0) is 18.6 Å². The molecule has 0 saturated heterocycles. The fraction of sp³-hybridized carbons (Fsp3) is 0.385. The first-order chi connectivity index (χ1) is 10.4. The number of carbonyl (C=O) groups is 2. The van der Waals surface area contributed by atoms with Gasteiger partial charge in [0, 0.05) is 17.9 Å². The second kappa shape index (κ2) is 9.47. The summed E-state index contributed by atoms with van der Waals surface area (Å²) in [4.78, 5) is 22.4. The first kappa shape index (κ1) is 18.5. The van der Waals surface area contributed by atoms with Crippen LogP contribution in [0.1, 0.15) is 12.8 Å². The van der Waals surface area contributed by atoms with E-state index in [1.165, 1.54) is 0 Å². The molecule has 1 rings (SSSR count). The standard InChI is InChI=1S/C13H15ClF2N2O3S/c14-8-3-1-4-9(12(8)22-7-10(15)16)18-13(21)17-6-2-5-11(19)20/h1,3-4,10H,2,5-7H2,(H,19,20)(H2,17,18,21). The minimum absolute atomic E-state index is 0.0487. The topological polar surface area (TPSA) is 78.4 Å². The number of alkyl halides is 2. The number of nitrogens with one attached hydrogen (secondary N) is 2. The smallest absolute Gasteiger partial charge is 0.319 e. The molecule has 122 valence electrons. The van der Waals surface area contributed by atoms with E-state index in [0.717, 1.165) is 11.8 Å². The van der Waals surface area contributed by atoms with Gasteiger partial charge in [0.05, 0.1) is 16.5 Å². The van der Waals surface area contributed by atoms with Gasteiger partial charge in [-0.15, -0.1) is 11.8 Å². The Morgan fingerprint density at radius 2 is 2.09 bits per heavy atom. The van der Waals surface area contributed by atoms with E-state index >= 15 is 0 Å². The van der Waals surface area contributed by atoms with Crippen LogP contribution in [0.4, 0.5) is 19.3 Å². The Kier molecular flexibility index (Phi) is 7.97. The van der Waals surface area contributed by atoms with Gasteiger partial charge in [0.2, 0.25) is 6.43 Å². The minimum Gasteiger partial charge on any atom is -0.481 e. The summed E-state index contributed by atoms with van der Waals surface area (Å²) >= 11 is 6.81. The largest absolute Gasteiger partial charge is 0.481 e. The number of aliphatic carboxylic acids is 1. The quantitative estimate of drug-likeness (QED) is 0.492. The van der Waals surface area contributed by atoms with Crippen LogP contribution in [-0.4, -0.2) is 35.8 Å². The molecule has 1 aromatic carbocycles. The molecule has 0 aliphatic heterocycles. The lowest BCUT2D eigenvalue weighted by molar-refractivity contribution is -0.137. The molecule has 0 unspecified atom stereocenters. The first-order valence-corrected chi connectivity index (χ1v) is 7.72. The van der Waals surface area contributed by atoms with E-state index in [2.05, 4.69) is 10.6 Å². The Labute approximate surface area is 135 Å². The monoisotopic (exact) mass is 352 g/mol. The molecule has 0 radical (unpaired) electrons. The molecule has 0 atom stereocenters. The number of urea groups is 1. The number of amides is 2. The molecule has 2 amide bonds. The van der Waals surface area contributed by atoms with E-state index in [1.807, 2.05) is 0 Å². The third-order valence-corrected chi connectivity index (χ3v) is 4.00. The van der Waals surface area contributed by atoms with Gasteiger partial charge in [0.15, 0.2) is 0 Å². The van der Waals surface area contributed by atoms with Gasteiger partial charge in [-0.2, -0.15) is 0 Å². The number of carboxylic acids is 1. The molecular weight excluding hydrogens is 338 g/mol. The Morgan fingerprint density at radius 3 is 2.73 bits per heavy atom. The predicted molar refractivity (Wildman–Crippen MR) is 82.1 cm³/mol. The van der Waals surface area contributed by atoms with Crippen LogP contribution in [-0.2, 0) is 4.79 Å². The third kappa shape index (κ3) is 6.95. The van der Waals surface area contributed by atoms with Crippen LogP contribution < -0.4 is 10.6 Å². The summed E-state index contributed by atoms with van der Waals surface area (Å²) < 4.78 is 24.6. The van der Waals surface area contributed by atoms with Crippen LogP contribution >= 0.6 is 23.4 Å². The molecule has 3 N–H and O–H groups in total. The van der Waals surface area contributed by atoms with Crippen molar-refractivity contribution in [2.75, 3.05) is 17.6 Å². The number of carbonyl (C=O) groups excluding carboxylic acids is 1. The SMILES string of the molecule is O=C(O)CCCNC(=O)Nc1cccc(Cl)c1SCC(F)F. The van der Waals surface area contributed by atoms with Gasteiger partial charge in [-0.25, -0.2) is 13.6 Å². The van der Waals surface area contributed by atoms with Crippen molar-refractivity contribution in [1.29, 1.82) is 0 Å². The average Bonchev–Trinajstić information content (AvgIpc) is 2.42. The van der Waals surface area contributed by atoms with E-state index in [0.29, 0.717) is 17.0 Å². The molecule has 0 bridgehead atoms. The van der Waals surface area contributed by atoms with Crippen molar-refractivity contribution in [2.45, 2.75) is 24.2 Å². The van der Waals surface area contributed by atoms with E-state index in [4.69, 9.17) is 16.7 Å². The highest BCUT2D eigenvalue weighted by molar-refractivity contribution is 7.99. The number of carboxylic acid groups (broad SMARTS) is 1. The van der Waals surface area contributed by atoms with Gasteiger partial charge in [0.25, 0.3) is 0 Å². The molecule has 0 aromatic heterocycles. The van der Waals surface area contributed by atoms with E-state index in [-0.39, 0.29) is 18.0 Å². The highest BCUT2D eigenvalue weighted by atomic mass is 35.5. The summed E-state index contributed by atoms with van der Waals surface area (Å²) in [6.07, 6.45) is -2.24. The fourth-order valence-corrected chi connectivity index (χ4v) is 2.62.